The van der Waals surface area contributed by atoms with Crippen molar-refractivity contribution < 1.29 is 27.8 Å². The SMILES string of the molecule is CN(Cc1cccc(C(F)(F)F)c1)C(=O)C1(CO)CCOCC1. The number of aliphatic hydroxyl groups excluding tert-OH is 1. The Morgan fingerprint density at radius 1 is 1.35 bits per heavy atom. The summed E-state index contributed by atoms with van der Waals surface area (Å²) in [6.07, 6.45) is -3.59. The highest BCUT2D eigenvalue weighted by molar-refractivity contribution is 5.82. The van der Waals surface area contributed by atoms with Gasteiger partial charge in [0.1, 0.15) is 0 Å². The Morgan fingerprint density at radius 3 is 2.57 bits per heavy atom. The van der Waals surface area contributed by atoms with E-state index in [2.05, 4.69) is 0 Å². The molecule has 0 aromatic heterocycles. The number of hydrogen-bond acceptors (Lipinski definition) is 3. The Hall–Kier alpha value is -1.60. The van der Waals surface area contributed by atoms with Gasteiger partial charge in [0.25, 0.3) is 0 Å². The normalized spacial score (nSPS) is 17.8. The van der Waals surface area contributed by atoms with E-state index in [4.69, 9.17) is 4.74 Å². The molecule has 0 spiro atoms. The van der Waals surface area contributed by atoms with Gasteiger partial charge in [-0.05, 0) is 30.5 Å². The third-order valence-electron chi connectivity index (χ3n) is 4.23. The minimum atomic E-state index is -4.41. The smallest absolute Gasteiger partial charge is 0.395 e. The van der Waals surface area contributed by atoms with E-state index >= 15 is 0 Å². The Kier molecular flexibility index (Phi) is 5.31. The molecule has 0 saturated carbocycles. The maximum atomic E-state index is 12.7. The molecule has 1 aliphatic heterocycles. The van der Waals surface area contributed by atoms with Crippen LogP contribution >= 0.6 is 0 Å². The number of amides is 1. The maximum absolute atomic E-state index is 12.7. The third-order valence-corrected chi connectivity index (χ3v) is 4.23. The molecule has 7 heteroatoms. The molecule has 128 valence electrons. The van der Waals surface area contributed by atoms with Crippen LogP contribution in [0.25, 0.3) is 0 Å². The Morgan fingerprint density at radius 2 is 2.00 bits per heavy atom. The van der Waals surface area contributed by atoms with Gasteiger partial charge >= 0.3 is 6.18 Å². The number of carbonyl (C=O) groups is 1. The van der Waals surface area contributed by atoms with Crippen molar-refractivity contribution in [1.82, 2.24) is 4.90 Å². The zero-order valence-electron chi connectivity index (χ0n) is 12.9. The van der Waals surface area contributed by atoms with Crippen LogP contribution in [0.2, 0.25) is 0 Å². The molecule has 0 atom stereocenters. The minimum Gasteiger partial charge on any atom is -0.395 e. The van der Waals surface area contributed by atoms with Crippen LogP contribution in [-0.2, 0) is 22.3 Å². The van der Waals surface area contributed by atoms with Crippen LogP contribution in [0.3, 0.4) is 0 Å². The van der Waals surface area contributed by atoms with Crippen molar-refractivity contribution in [2.45, 2.75) is 25.6 Å². The maximum Gasteiger partial charge on any atom is 0.416 e. The summed E-state index contributed by atoms with van der Waals surface area (Å²) >= 11 is 0. The molecular formula is C16H20F3NO3. The second-order valence-corrected chi connectivity index (χ2v) is 5.91. The quantitative estimate of drug-likeness (QED) is 0.922. The lowest BCUT2D eigenvalue weighted by Gasteiger charge is -2.37. The average Bonchev–Trinajstić information content (AvgIpc) is 2.54. The van der Waals surface area contributed by atoms with Gasteiger partial charge in [-0.3, -0.25) is 4.79 Å². The Balaban J connectivity index is 2.12. The van der Waals surface area contributed by atoms with Crippen molar-refractivity contribution in [3.63, 3.8) is 0 Å². The summed E-state index contributed by atoms with van der Waals surface area (Å²) in [5.41, 5.74) is -1.23. The number of carbonyl (C=O) groups excluding carboxylic acids is 1. The summed E-state index contributed by atoms with van der Waals surface area (Å²) < 4.78 is 43.4. The molecule has 0 unspecified atom stereocenters. The van der Waals surface area contributed by atoms with E-state index in [1.54, 1.807) is 6.07 Å². The van der Waals surface area contributed by atoms with Crippen LogP contribution in [0, 0.1) is 5.41 Å². The molecule has 1 N–H and O–H groups in total. The largest absolute Gasteiger partial charge is 0.416 e. The Labute approximate surface area is 132 Å². The molecule has 0 aliphatic carbocycles. The molecule has 23 heavy (non-hydrogen) atoms. The van der Waals surface area contributed by atoms with Crippen molar-refractivity contribution in [2.75, 3.05) is 26.9 Å². The first-order valence-corrected chi connectivity index (χ1v) is 7.39. The molecule has 1 amide bonds. The van der Waals surface area contributed by atoms with Crippen molar-refractivity contribution in [2.24, 2.45) is 5.41 Å². The second kappa shape index (κ2) is 6.88. The topological polar surface area (TPSA) is 49.8 Å². The number of hydrogen-bond donors (Lipinski definition) is 1. The number of aliphatic hydroxyl groups is 1. The zero-order chi connectivity index (χ0) is 17.1. The fourth-order valence-corrected chi connectivity index (χ4v) is 2.80. The van der Waals surface area contributed by atoms with Gasteiger partial charge < -0.3 is 14.7 Å². The molecule has 1 aliphatic rings. The summed E-state index contributed by atoms with van der Waals surface area (Å²) in [4.78, 5) is 14.0. The molecule has 4 nitrogen and oxygen atoms in total. The summed E-state index contributed by atoms with van der Waals surface area (Å²) in [6.45, 7) is 0.556. The number of benzene rings is 1. The average molecular weight is 331 g/mol. The standard InChI is InChI=1S/C16H20F3NO3/c1-20(14(22)15(11-21)5-7-23-8-6-15)10-12-3-2-4-13(9-12)16(17,18)19/h2-4,9,21H,5-8,10-11H2,1H3. The fourth-order valence-electron chi connectivity index (χ4n) is 2.80. The fraction of sp³-hybridized carbons (Fsp3) is 0.562. The van der Waals surface area contributed by atoms with Crippen molar-refractivity contribution >= 4 is 5.91 Å². The number of alkyl halides is 3. The molecule has 1 aromatic carbocycles. The van der Waals surface area contributed by atoms with E-state index in [1.807, 2.05) is 0 Å². The lowest BCUT2D eigenvalue weighted by atomic mass is 9.79. The summed E-state index contributed by atoms with van der Waals surface area (Å²) in [5, 5.41) is 9.63. The number of rotatable bonds is 4. The van der Waals surface area contributed by atoms with Crippen molar-refractivity contribution in [1.29, 1.82) is 0 Å². The molecule has 1 fully saturated rings. The highest BCUT2D eigenvalue weighted by Gasteiger charge is 2.41. The Bertz CT molecular complexity index is 554. The monoisotopic (exact) mass is 331 g/mol. The van der Waals surface area contributed by atoms with Crippen molar-refractivity contribution in [3.8, 4) is 0 Å². The minimum absolute atomic E-state index is 0.0609. The van der Waals surface area contributed by atoms with E-state index in [1.165, 1.54) is 18.0 Å². The lowest BCUT2D eigenvalue weighted by Crippen LogP contribution is -2.47. The molecule has 2 rings (SSSR count). The van der Waals surface area contributed by atoms with Gasteiger partial charge in [-0.2, -0.15) is 13.2 Å². The molecule has 1 heterocycles. The van der Waals surface area contributed by atoms with Gasteiger partial charge in [0.2, 0.25) is 5.91 Å². The molecule has 0 radical (unpaired) electrons. The van der Waals surface area contributed by atoms with Crippen LogP contribution in [-0.4, -0.2) is 42.8 Å². The zero-order valence-corrected chi connectivity index (χ0v) is 12.9. The van der Waals surface area contributed by atoms with Gasteiger partial charge in [-0.25, -0.2) is 0 Å². The van der Waals surface area contributed by atoms with Crippen LogP contribution in [0.15, 0.2) is 24.3 Å². The summed E-state index contributed by atoms with van der Waals surface area (Å²) in [6, 6.07) is 4.92. The number of nitrogens with zero attached hydrogens (tertiary/aromatic N) is 1. The van der Waals surface area contributed by atoms with Crippen LogP contribution in [0.5, 0.6) is 0 Å². The summed E-state index contributed by atoms with van der Waals surface area (Å²) in [7, 11) is 1.54. The summed E-state index contributed by atoms with van der Waals surface area (Å²) in [5.74, 6) is -0.263. The first-order valence-electron chi connectivity index (χ1n) is 7.39. The van der Waals surface area contributed by atoms with Crippen LogP contribution in [0.1, 0.15) is 24.0 Å². The predicted molar refractivity (Wildman–Crippen MR) is 77.5 cm³/mol. The highest BCUT2D eigenvalue weighted by Crippen LogP contribution is 2.33. The first-order chi connectivity index (χ1) is 10.8. The molecule has 0 bridgehead atoms. The van der Waals surface area contributed by atoms with Crippen molar-refractivity contribution in [3.05, 3.63) is 35.4 Å². The van der Waals surface area contributed by atoms with E-state index in [0.717, 1.165) is 12.1 Å². The van der Waals surface area contributed by atoms with Crippen LogP contribution in [0.4, 0.5) is 13.2 Å². The number of halogens is 3. The lowest BCUT2D eigenvalue weighted by molar-refractivity contribution is -0.150. The van der Waals surface area contributed by atoms with Gasteiger partial charge in [-0.1, -0.05) is 12.1 Å². The van der Waals surface area contributed by atoms with Gasteiger partial charge in [-0.15, -0.1) is 0 Å². The van der Waals surface area contributed by atoms with Gasteiger partial charge in [0.05, 0.1) is 17.6 Å². The van der Waals surface area contributed by atoms with Gasteiger partial charge in [0, 0.05) is 26.8 Å². The molecule has 1 aromatic rings. The highest BCUT2D eigenvalue weighted by atomic mass is 19.4. The van der Waals surface area contributed by atoms with E-state index in [0.29, 0.717) is 31.6 Å². The molecular weight excluding hydrogens is 311 g/mol. The van der Waals surface area contributed by atoms with Gasteiger partial charge in [0.15, 0.2) is 0 Å². The third kappa shape index (κ3) is 4.03. The predicted octanol–water partition coefficient (Wildman–Crippen LogP) is 2.45. The van der Waals surface area contributed by atoms with E-state index in [-0.39, 0.29) is 19.1 Å². The first kappa shape index (κ1) is 17.7. The second-order valence-electron chi connectivity index (χ2n) is 5.91. The van der Waals surface area contributed by atoms with Crippen LogP contribution < -0.4 is 0 Å². The molecule has 1 saturated heterocycles. The van der Waals surface area contributed by atoms with E-state index in [9.17, 15) is 23.1 Å². The van der Waals surface area contributed by atoms with E-state index < -0.39 is 17.2 Å². The number of ether oxygens (including phenoxy) is 1.